The number of esters is 1. The minimum atomic E-state index is -0.654. The summed E-state index contributed by atoms with van der Waals surface area (Å²) in [6.07, 6.45) is 0. The molecule has 0 saturated carbocycles. The second kappa shape index (κ2) is 5.07. The standard InChI is InChI=1S/C10H10BrNO4/c1-6(10(13)16-2)8-4-3-7(11)5-9(8)12(14)15/h3-6H,1-2H3. The number of carbonyl (C=O) groups is 1. The lowest BCUT2D eigenvalue weighted by Crippen LogP contribution is -2.12. The first kappa shape index (κ1) is 12.6. The molecule has 86 valence electrons. The van der Waals surface area contributed by atoms with Crippen LogP contribution in [0.25, 0.3) is 0 Å². The average Bonchev–Trinajstić information content (AvgIpc) is 2.26. The minimum Gasteiger partial charge on any atom is -0.469 e. The second-order valence-corrected chi connectivity index (χ2v) is 4.12. The van der Waals surface area contributed by atoms with Crippen LogP contribution in [-0.2, 0) is 9.53 Å². The van der Waals surface area contributed by atoms with Gasteiger partial charge >= 0.3 is 5.97 Å². The smallest absolute Gasteiger partial charge is 0.313 e. The first-order valence-corrected chi connectivity index (χ1v) is 5.28. The molecule has 5 nitrogen and oxygen atoms in total. The summed E-state index contributed by atoms with van der Waals surface area (Å²) in [6, 6.07) is 4.57. The van der Waals surface area contributed by atoms with Crippen LogP contribution in [0.4, 0.5) is 5.69 Å². The van der Waals surface area contributed by atoms with Crippen molar-refractivity contribution in [1.82, 2.24) is 0 Å². The van der Waals surface area contributed by atoms with E-state index < -0.39 is 16.8 Å². The number of ether oxygens (including phenoxy) is 1. The number of hydrogen-bond acceptors (Lipinski definition) is 4. The molecule has 6 heteroatoms. The van der Waals surface area contributed by atoms with Crippen molar-refractivity contribution in [2.75, 3.05) is 7.11 Å². The predicted octanol–water partition coefficient (Wildman–Crippen LogP) is 2.63. The van der Waals surface area contributed by atoms with Gasteiger partial charge in [0.1, 0.15) is 0 Å². The largest absolute Gasteiger partial charge is 0.469 e. The Morgan fingerprint density at radius 2 is 2.19 bits per heavy atom. The molecule has 0 N–H and O–H groups in total. The predicted molar refractivity (Wildman–Crippen MR) is 61.2 cm³/mol. The van der Waals surface area contributed by atoms with Crippen LogP contribution in [-0.4, -0.2) is 18.0 Å². The number of benzene rings is 1. The first-order valence-electron chi connectivity index (χ1n) is 4.49. The fourth-order valence-electron chi connectivity index (χ4n) is 1.34. The normalized spacial score (nSPS) is 11.9. The van der Waals surface area contributed by atoms with E-state index in [0.29, 0.717) is 10.0 Å². The molecule has 0 aliphatic carbocycles. The maximum atomic E-state index is 11.3. The van der Waals surface area contributed by atoms with Gasteiger partial charge in [-0.3, -0.25) is 14.9 Å². The van der Waals surface area contributed by atoms with Gasteiger partial charge < -0.3 is 4.74 Å². The van der Waals surface area contributed by atoms with Crippen molar-refractivity contribution in [2.45, 2.75) is 12.8 Å². The van der Waals surface area contributed by atoms with Crippen LogP contribution in [0.1, 0.15) is 18.4 Å². The highest BCUT2D eigenvalue weighted by atomic mass is 79.9. The first-order chi connectivity index (χ1) is 7.47. The summed E-state index contributed by atoms with van der Waals surface area (Å²) in [4.78, 5) is 21.6. The molecule has 1 aromatic rings. The zero-order valence-corrected chi connectivity index (χ0v) is 10.4. The highest BCUT2D eigenvalue weighted by Gasteiger charge is 2.24. The molecule has 0 heterocycles. The zero-order chi connectivity index (χ0) is 12.3. The molecule has 0 fully saturated rings. The van der Waals surface area contributed by atoms with Crippen LogP contribution in [0, 0.1) is 10.1 Å². The van der Waals surface area contributed by atoms with Crippen molar-refractivity contribution in [3.05, 3.63) is 38.3 Å². The fourth-order valence-corrected chi connectivity index (χ4v) is 1.69. The van der Waals surface area contributed by atoms with Gasteiger partial charge in [-0.1, -0.05) is 22.0 Å². The SMILES string of the molecule is COC(=O)C(C)c1ccc(Br)cc1[N+](=O)[O-]. The summed E-state index contributed by atoms with van der Waals surface area (Å²) < 4.78 is 5.16. The second-order valence-electron chi connectivity index (χ2n) is 3.21. The Kier molecular flexibility index (Phi) is 4.00. The summed E-state index contributed by atoms with van der Waals surface area (Å²) >= 11 is 3.15. The van der Waals surface area contributed by atoms with E-state index in [0.717, 1.165) is 0 Å². The molecule has 0 amide bonds. The molecule has 0 aliphatic rings. The van der Waals surface area contributed by atoms with Crippen LogP contribution >= 0.6 is 15.9 Å². The van der Waals surface area contributed by atoms with Crippen LogP contribution < -0.4 is 0 Å². The molecular weight excluding hydrogens is 278 g/mol. The number of hydrogen-bond donors (Lipinski definition) is 0. The van der Waals surface area contributed by atoms with Crippen molar-refractivity contribution < 1.29 is 14.5 Å². The van der Waals surface area contributed by atoms with Gasteiger partial charge in [-0.15, -0.1) is 0 Å². The van der Waals surface area contributed by atoms with Gasteiger partial charge in [0, 0.05) is 16.1 Å². The van der Waals surface area contributed by atoms with Crippen molar-refractivity contribution in [2.24, 2.45) is 0 Å². The maximum absolute atomic E-state index is 11.3. The van der Waals surface area contributed by atoms with Gasteiger partial charge in [0.25, 0.3) is 5.69 Å². The number of nitro groups is 1. The number of carbonyl (C=O) groups excluding carboxylic acids is 1. The molecule has 1 atom stereocenters. The lowest BCUT2D eigenvalue weighted by atomic mass is 9.99. The third kappa shape index (κ3) is 2.57. The fraction of sp³-hybridized carbons (Fsp3) is 0.300. The van der Waals surface area contributed by atoms with E-state index in [4.69, 9.17) is 0 Å². The van der Waals surface area contributed by atoms with Crippen molar-refractivity contribution >= 4 is 27.6 Å². The Morgan fingerprint density at radius 3 is 2.69 bits per heavy atom. The van der Waals surface area contributed by atoms with Crippen molar-refractivity contribution in [3.63, 3.8) is 0 Å². The Hall–Kier alpha value is -1.43. The van der Waals surface area contributed by atoms with Crippen molar-refractivity contribution in [1.29, 1.82) is 0 Å². The molecule has 1 unspecified atom stereocenters. The van der Waals surface area contributed by atoms with E-state index in [2.05, 4.69) is 20.7 Å². The molecule has 16 heavy (non-hydrogen) atoms. The number of nitro benzene ring substituents is 1. The molecule has 0 radical (unpaired) electrons. The van der Waals surface area contributed by atoms with Crippen LogP contribution in [0.5, 0.6) is 0 Å². The monoisotopic (exact) mass is 287 g/mol. The van der Waals surface area contributed by atoms with Gasteiger partial charge in [0.05, 0.1) is 18.0 Å². The van der Waals surface area contributed by atoms with E-state index in [-0.39, 0.29) is 5.69 Å². The highest BCUT2D eigenvalue weighted by molar-refractivity contribution is 9.10. The number of nitrogens with zero attached hydrogens (tertiary/aromatic N) is 1. The molecule has 1 rings (SSSR count). The van der Waals surface area contributed by atoms with E-state index in [9.17, 15) is 14.9 Å². The van der Waals surface area contributed by atoms with Crippen LogP contribution in [0.15, 0.2) is 22.7 Å². The third-order valence-electron chi connectivity index (χ3n) is 2.21. The number of methoxy groups -OCH3 is 1. The molecule has 1 aromatic carbocycles. The van der Waals surface area contributed by atoms with Gasteiger partial charge in [-0.25, -0.2) is 0 Å². The minimum absolute atomic E-state index is 0.0905. The molecule has 0 aliphatic heterocycles. The maximum Gasteiger partial charge on any atom is 0.313 e. The summed E-state index contributed by atoms with van der Waals surface area (Å²) in [7, 11) is 1.25. The Bertz CT molecular complexity index is 433. The summed E-state index contributed by atoms with van der Waals surface area (Å²) in [6.45, 7) is 1.57. The highest BCUT2D eigenvalue weighted by Crippen LogP contribution is 2.30. The van der Waals surface area contributed by atoms with E-state index in [1.807, 2.05) is 0 Å². The molecule has 0 aromatic heterocycles. The average molecular weight is 288 g/mol. The summed E-state index contributed by atoms with van der Waals surface area (Å²) in [5, 5.41) is 10.8. The molecule has 0 bridgehead atoms. The van der Waals surface area contributed by atoms with E-state index in [1.165, 1.54) is 13.2 Å². The number of halogens is 1. The summed E-state index contributed by atoms with van der Waals surface area (Å²) in [5.41, 5.74) is 0.257. The lowest BCUT2D eigenvalue weighted by molar-refractivity contribution is -0.385. The molecular formula is C10H10BrNO4. The molecule has 0 saturated heterocycles. The topological polar surface area (TPSA) is 69.4 Å². The Labute approximate surface area is 101 Å². The zero-order valence-electron chi connectivity index (χ0n) is 8.77. The van der Waals surface area contributed by atoms with Gasteiger partial charge in [-0.05, 0) is 13.0 Å². The van der Waals surface area contributed by atoms with Crippen LogP contribution in [0.2, 0.25) is 0 Å². The van der Waals surface area contributed by atoms with E-state index in [1.54, 1.807) is 19.1 Å². The third-order valence-corrected chi connectivity index (χ3v) is 2.70. The lowest BCUT2D eigenvalue weighted by Gasteiger charge is -2.09. The van der Waals surface area contributed by atoms with Gasteiger partial charge in [-0.2, -0.15) is 0 Å². The van der Waals surface area contributed by atoms with Crippen molar-refractivity contribution in [3.8, 4) is 0 Å². The summed E-state index contributed by atoms with van der Waals surface area (Å²) in [5.74, 6) is -1.15. The Morgan fingerprint density at radius 1 is 1.56 bits per heavy atom. The Balaban J connectivity index is 3.22. The van der Waals surface area contributed by atoms with E-state index >= 15 is 0 Å². The van der Waals surface area contributed by atoms with Gasteiger partial charge in [0.15, 0.2) is 0 Å². The van der Waals surface area contributed by atoms with Crippen LogP contribution in [0.3, 0.4) is 0 Å². The quantitative estimate of drug-likeness (QED) is 0.487. The molecule has 0 spiro atoms. The number of rotatable bonds is 3. The van der Waals surface area contributed by atoms with Gasteiger partial charge in [0.2, 0.25) is 0 Å².